The Hall–Kier alpha value is -2.17. The highest BCUT2D eigenvalue weighted by atomic mass is 16.1. The number of carbonyl (C=O) groups is 1. The number of amides is 1. The third kappa shape index (κ3) is 3.66. The van der Waals surface area contributed by atoms with Gasteiger partial charge in [-0.15, -0.1) is 0 Å². The average molecular weight is 323 g/mol. The molecule has 24 heavy (non-hydrogen) atoms. The Balaban J connectivity index is 1.91. The SMILES string of the molecule is CCNCC(=O)Nc1cccc2c1CN(C)CC2c1ccccc1. The van der Waals surface area contributed by atoms with Gasteiger partial charge >= 0.3 is 0 Å². The summed E-state index contributed by atoms with van der Waals surface area (Å²) in [6, 6.07) is 16.8. The molecule has 1 aliphatic rings. The molecule has 0 aromatic heterocycles. The van der Waals surface area contributed by atoms with E-state index < -0.39 is 0 Å². The molecule has 0 spiro atoms. The van der Waals surface area contributed by atoms with Crippen molar-refractivity contribution in [3.8, 4) is 0 Å². The van der Waals surface area contributed by atoms with Gasteiger partial charge in [-0.1, -0.05) is 49.4 Å². The van der Waals surface area contributed by atoms with Gasteiger partial charge in [0.05, 0.1) is 6.54 Å². The van der Waals surface area contributed by atoms with Gasteiger partial charge < -0.3 is 15.5 Å². The van der Waals surface area contributed by atoms with Crippen LogP contribution in [0.2, 0.25) is 0 Å². The van der Waals surface area contributed by atoms with Crippen molar-refractivity contribution in [3.05, 3.63) is 65.2 Å². The molecule has 1 amide bonds. The van der Waals surface area contributed by atoms with E-state index in [-0.39, 0.29) is 5.91 Å². The van der Waals surface area contributed by atoms with Gasteiger partial charge in [0.1, 0.15) is 0 Å². The number of benzene rings is 2. The summed E-state index contributed by atoms with van der Waals surface area (Å²) in [5, 5.41) is 6.14. The highest BCUT2D eigenvalue weighted by molar-refractivity contribution is 5.93. The number of anilines is 1. The van der Waals surface area contributed by atoms with Crippen LogP contribution in [0.3, 0.4) is 0 Å². The minimum atomic E-state index is 0.00902. The van der Waals surface area contributed by atoms with Crippen LogP contribution < -0.4 is 10.6 Å². The zero-order chi connectivity index (χ0) is 16.9. The van der Waals surface area contributed by atoms with E-state index in [0.29, 0.717) is 12.5 Å². The maximum absolute atomic E-state index is 12.1. The van der Waals surface area contributed by atoms with Gasteiger partial charge in [-0.05, 0) is 36.3 Å². The highest BCUT2D eigenvalue weighted by Gasteiger charge is 2.26. The number of rotatable bonds is 5. The van der Waals surface area contributed by atoms with Crippen LogP contribution >= 0.6 is 0 Å². The molecule has 0 saturated heterocycles. The molecule has 0 fully saturated rings. The second-order valence-electron chi connectivity index (χ2n) is 6.36. The summed E-state index contributed by atoms with van der Waals surface area (Å²) >= 11 is 0. The maximum atomic E-state index is 12.1. The van der Waals surface area contributed by atoms with Crippen LogP contribution in [0.4, 0.5) is 5.69 Å². The molecule has 1 aliphatic heterocycles. The normalized spacial score (nSPS) is 17.3. The fraction of sp³-hybridized carbons (Fsp3) is 0.350. The van der Waals surface area contributed by atoms with Crippen LogP contribution in [-0.2, 0) is 11.3 Å². The summed E-state index contributed by atoms with van der Waals surface area (Å²) in [4.78, 5) is 14.4. The van der Waals surface area contributed by atoms with Crippen molar-refractivity contribution >= 4 is 11.6 Å². The zero-order valence-corrected chi connectivity index (χ0v) is 14.4. The second kappa shape index (κ2) is 7.60. The quantitative estimate of drug-likeness (QED) is 0.889. The van der Waals surface area contributed by atoms with Crippen molar-refractivity contribution < 1.29 is 4.79 Å². The third-order valence-corrected chi connectivity index (χ3v) is 4.52. The predicted molar refractivity (Wildman–Crippen MR) is 98.2 cm³/mol. The summed E-state index contributed by atoms with van der Waals surface area (Å²) in [7, 11) is 2.14. The summed E-state index contributed by atoms with van der Waals surface area (Å²) in [6.45, 7) is 4.98. The lowest BCUT2D eigenvalue weighted by molar-refractivity contribution is -0.115. The van der Waals surface area contributed by atoms with Crippen molar-refractivity contribution in [1.82, 2.24) is 10.2 Å². The first-order valence-electron chi connectivity index (χ1n) is 8.55. The number of nitrogens with one attached hydrogen (secondary N) is 2. The van der Waals surface area contributed by atoms with Crippen molar-refractivity contribution in [3.63, 3.8) is 0 Å². The number of carbonyl (C=O) groups excluding carboxylic acids is 1. The monoisotopic (exact) mass is 323 g/mol. The highest BCUT2D eigenvalue weighted by Crippen LogP contribution is 2.36. The van der Waals surface area contributed by atoms with E-state index >= 15 is 0 Å². The van der Waals surface area contributed by atoms with Gasteiger partial charge in [0, 0.05) is 24.7 Å². The van der Waals surface area contributed by atoms with Crippen LogP contribution in [0.15, 0.2) is 48.5 Å². The molecule has 1 atom stereocenters. The molecule has 4 nitrogen and oxygen atoms in total. The molecule has 2 N–H and O–H groups in total. The van der Waals surface area contributed by atoms with Crippen molar-refractivity contribution in [1.29, 1.82) is 0 Å². The first kappa shape index (κ1) is 16.7. The van der Waals surface area contributed by atoms with E-state index in [1.54, 1.807) is 0 Å². The summed E-state index contributed by atoms with van der Waals surface area (Å²) < 4.78 is 0. The number of nitrogens with zero attached hydrogens (tertiary/aromatic N) is 1. The molecule has 2 aromatic carbocycles. The van der Waals surface area contributed by atoms with Gasteiger partial charge in [-0.25, -0.2) is 0 Å². The van der Waals surface area contributed by atoms with E-state index in [1.165, 1.54) is 16.7 Å². The van der Waals surface area contributed by atoms with E-state index in [9.17, 15) is 4.79 Å². The van der Waals surface area contributed by atoms with Crippen molar-refractivity contribution in [2.75, 3.05) is 32.0 Å². The molecule has 1 heterocycles. The molecule has 0 aliphatic carbocycles. The standard InChI is InChI=1S/C20H25N3O/c1-3-21-12-20(24)22-19-11-7-10-16-17(13-23(2)14-18(16)19)15-8-5-4-6-9-15/h4-11,17,21H,3,12-14H2,1-2H3,(H,22,24). The predicted octanol–water partition coefficient (Wildman–Crippen LogP) is 2.81. The topological polar surface area (TPSA) is 44.4 Å². The minimum absolute atomic E-state index is 0.00902. The van der Waals surface area contributed by atoms with Crippen molar-refractivity contribution in [2.45, 2.75) is 19.4 Å². The lowest BCUT2D eigenvalue weighted by Crippen LogP contribution is -2.33. The van der Waals surface area contributed by atoms with E-state index in [0.717, 1.165) is 25.3 Å². The van der Waals surface area contributed by atoms with Gasteiger partial charge in [0.25, 0.3) is 0 Å². The van der Waals surface area contributed by atoms with Gasteiger partial charge in [0.15, 0.2) is 0 Å². The Bertz CT molecular complexity index is 699. The van der Waals surface area contributed by atoms with Crippen LogP contribution in [0.5, 0.6) is 0 Å². The summed E-state index contributed by atoms with van der Waals surface area (Å²) in [5.41, 5.74) is 4.80. The summed E-state index contributed by atoms with van der Waals surface area (Å²) in [5.74, 6) is 0.348. The molecule has 1 unspecified atom stereocenters. The van der Waals surface area contributed by atoms with E-state index in [4.69, 9.17) is 0 Å². The number of likely N-dealkylation sites (N-methyl/N-ethyl adjacent to an activating group) is 2. The zero-order valence-electron chi connectivity index (χ0n) is 14.4. The lowest BCUT2D eigenvalue weighted by atomic mass is 9.84. The first-order chi connectivity index (χ1) is 11.7. The second-order valence-corrected chi connectivity index (χ2v) is 6.36. The Kier molecular flexibility index (Phi) is 5.28. The van der Waals surface area contributed by atoms with Crippen LogP contribution in [0, 0.1) is 0 Å². The van der Waals surface area contributed by atoms with Gasteiger partial charge in [-0.2, -0.15) is 0 Å². The summed E-state index contributed by atoms with van der Waals surface area (Å²) in [6.07, 6.45) is 0. The largest absolute Gasteiger partial charge is 0.325 e. The number of fused-ring (bicyclic) bond motifs is 1. The molecule has 0 bridgehead atoms. The molecular weight excluding hydrogens is 298 g/mol. The van der Waals surface area contributed by atoms with Crippen molar-refractivity contribution in [2.24, 2.45) is 0 Å². The number of hydrogen-bond acceptors (Lipinski definition) is 3. The van der Waals surface area contributed by atoms with Crippen LogP contribution in [-0.4, -0.2) is 37.5 Å². The van der Waals surface area contributed by atoms with Gasteiger partial charge in [-0.3, -0.25) is 4.79 Å². The molecule has 0 saturated carbocycles. The first-order valence-corrected chi connectivity index (χ1v) is 8.55. The Morgan fingerprint density at radius 3 is 2.71 bits per heavy atom. The minimum Gasteiger partial charge on any atom is -0.325 e. The molecule has 2 aromatic rings. The molecule has 126 valence electrons. The van der Waals surface area contributed by atoms with E-state index in [2.05, 4.69) is 52.9 Å². The maximum Gasteiger partial charge on any atom is 0.238 e. The molecule has 0 radical (unpaired) electrons. The van der Waals surface area contributed by atoms with Crippen LogP contribution in [0.1, 0.15) is 29.5 Å². The molecular formula is C20H25N3O. The smallest absolute Gasteiger partial charge is 0.238 e. The fourth-order valence-corrected chi connectivity index (χ4v) is 3.37. The molecule has 3 rings (SSSR count). The Labute approximate surface area is 143 Å². The lowest BCUT2D eigenvalue weighted by Gasteiger charge is -2.34. The van der Waals surface area contributed by atoms with E-state index in [1.807, 2.05) is 25.1 Å². The fourth-order valence-electron chi connectivity index (χ4n) is 3.37. The third-order valence-electron chi connectivity index (χ3n) is 4.52. The molecule has 4 heteroatoms. The van der Waals surface area contributed by atoms with Gasteiger partial charge in [0.2, 0.25) is 5.91 Å². The Morgan fingerprint density at radius 2 is 1.96 bits per heavy atom. The number of hydrogen-bond donors (Lipinski definition) is 2. The Morgan fingerprint density at radius 1 is 1.17 bits per heavy atom. The van der Waals surface area contributed by atoms with Crippen LogP contribution in [0.25, 0.3) is 0 Å². The average Bonchev–Trinajstić information content (AvgIpc) is 2.60.